The zero-order valence-electron chi connectivity index (χ0n) is 12.8. The lowest BCUT2D eigenvalue weighted by Crippen LogP contribution is -2.39. The third-order valence-electron chi connectivity index (χ3n) is 4.51. The number of anilines is 1. The lowest BCUT2D eigenvalue weighted by atomic mass is 9.89. The van der Waals surface area contributed by atoms with Crippen molar-refractivity contribution in [2.75, 3.05) is 32.2 Å². The van der Waals surface area contributed by atoms with Gasteiger partial charge in [0.25, 0.3) is 0 Å². The fraction of sp³-hybridized carbons (Fsp3) is 0.647. The summed E-state index contributed by atoms with van der Waals surface area (Å²) in [6, 6.07) is 9.03. The molecule has 4 nitrogen and oxygen atoms in total. The predicted molar refractivity (Wildman–Crippen MR) is 82.5 cm³/mol. The van der Waals surface area contributed by atoms with Crippen molar-refractivity contribution >= 4 is 5.69 Å². The summed E-state index contributed by atoms with van der Waals surface area (Å²) in [5.74, 6) is -0.270. The Morgan fingerprint density at radius 2 is 1.90 bits per heavy atom. The Morgan fingerprint density at radius 3 is 2.62 bits per heavy atom. The molecule has 0 amide bonds. The second kappa shape index (κ2) is 6.77. The summed E-state index contributed by atoms with van der Waals surface area (Å²) in [5, 5.41) is 3.70. The smallest absolute Gasteiger partial charge is 0.168 e. The summed E-state index contributed by atoms with van der Waals surface area (Å²) < 4.78 is 16.8. The third-order valence-corrected chi connectivity index (χ3v) is 4.51. The molecule has 1 aliphatic heterocycles. The predicted octanol–water partition coefficient (Wildman–Crippen LogP) is 2.97. The number of rotatable bonds is 5. The first-order valence-electron chi connectivity index (χ1n) is 7.93. The Bertz CT molecular complexity index is 447. The highest BCUT2D eigenvalue weighted by molar-refractivity contribution is 5.52. The third kappa shape index (κ3) is 3.57. The van der Waals surface area contributed by atoms with Crippen LogP contribution in [0.1, 0.15) is 31.2 Å². The van der Waals surface area contributed by atoms with E-state index in [1.165, 1.54) is 11.3 Å². The lowest BCUT2D eigenvalue weighted by Gasteiger charge is -2.36. The summed E-state index contributed by atoms with van der Waals surface area (Å²) in [5.41, 5.74) is 2.57. The number of para-hydroxylation sites is 1. The van der Waals surface area contributed by atoms with E-state index in [2.05, 4.69) is 29.6 Å². The van der Waals surface area contributed by atoms with E-state index < -0.39 is 0 Å². The fourth-order valence-electron chi connectivity index (χ4n) is 3.30. The molecule has 0 aromatic heterocycles. The quantitative estimate of drug-likeness (QED) is 0.905. The van der Waals surface area contributed by atoms with Crippen LogP contribution in [0.4, 0.5) is 5.69 Å². The van der Waals surface area contributed by atoms with Crippen LogP contribution in [-0.4, -0.2) is 38.8 Å². The zero-order chi connectivity index (χ0) is 14.5. The van der Waals surface area contributed by atoms with E-state index in [0.29, 0.717) is 6.04 Å². The van der Waals surface area contributed by atoms with Crippen molar-refractivity contribution in [3.8, 4) is 0 Å². The van der Waals surface area contributed by atoms with Gasteiger partial charge in [0.05, 0.1) is 19.8 Å². The SMILES string of the molecule is COCCc1ccccc1NC1CCC2(CC1)OCCO2. The molecule has 2 aliphatic rings. The van der Waals surface area contributed by atoms with Crippen LogP contribution in [-0.2, 0) is 20.6 Å². The van der Waals surface area contributed by atoms with Crippen LogP contribution >= 0.6 is 0 Å². The molecule has 1 heterocycles. The standard InChI is InChI=1S/C17H25NO3/c1-19-11-8-14-4-2-3-5-16(14)18-15-6-9-17(10-7-15)20-12-13-21-17/h2-5,15,18H,6-13H2,1H3. The minimum atomic E-state index is -0.270. The van der Waals surface area contributed by atoms with Gasteiger partial charge in [-0.05, 0) is 30.9 Å². The summed E-state index contributed by atoms with van der Waals surface area (Å²) >= 11 is 0. The maximum atomic E-state index is 5.79. The van der Waals surface area contributed by atoms with Crippen molar-refractivity contribution < 1.29 is 14.2 Å². The van der Waals surface area contributed by atoms with Crippen molar-refractivity contribution in [2.45, 2.75) is 43.9 Å². The van der Waals surface area contributed by atoms with Crippen molar-refractivity contribution in [3.05, 3.63) is 29.8 Å². The molecule has 0 bridgehead atoms. The molecule has 1 aromatic carbocycles. The summed E-state index contributed by atoms with van der Waals surface area (Å²) in [6.45, 7) is 2.25. The molecule has 1 aliphatic carbocycles. The van der Waals surface area contributed by atoms with Gasteiger partial charge in [-0.2, -0.15) is 0 Å². The average Bonchev–Trinajstić information content (AvgIpc) is 2.97. The Hall–Kier alpha value is -1.10. The summed E-state index contributed by atoms with van der Waals surface area (Å²) in [4.78, 5) is 0. The summed E-state index contributed by atoms with van der Waals surface area (Å²) in [6.07, 6.45) is 5.12. The van der Waals surface area contributed by atoms with Gasteiger partial charge in [0, 0.05) is 31.7 Å². The van der Waals surface area contributed by atoms with Gasteiger partial charge in [-0.3, -0.25) is 0 Å². The molecule has 1 saturated carbocycles. The number of ether oxygens (including phenoxy) is 3. The first-order chi connectivity index (χ1) is 10.3. The van der Waals surface area contributed by atoms with Crippen LogP contribution < -0.4 is 5.32 Å². The molecule has 1 spiro atoms. The van der Waals surface area contributed by atoms with E-state index in [1.54, 1.807) is 7.11 Å². The van der Waals surface area contributed by atoms with Gasteiger partial charge in [-0.1, -0.05) is 18.2 Å². The number of hydrogen-bond donors (Lipinski definition) is 1. The van der Waals surface area contributed by atoms with Crippen molar-refractivity contribution in [1.82, 2.24) is 0 Å². The molecular weight excluding hydrogens is 266 g/mol. The monoisotopic (exact) mass is 291 g/mol. The van der Waals surface area contributed by atoms with Crippen LogP contribution in [0.25, 0.3) is 0 Å². The van der Waals surface area contributed by atoms with Gasteiger partial charge in [0.2, 0.25) is 0 Å². The molecule has 3 rings (SSSR count). The Labute approximate surface area is 126 Å². The highest BCUT2D eigenvalue weighted by Gasteiger charge is 2.40. The van der Waals surface area contributed by atoms with E-state index in [4.69, 9.17) is 14.2 Å². The molecule has 1 saturated heterocycles. The van der Waals surface area contributed by atoms with E-state index in [1.807, 2.05) is 0 Å². The molecular formula is C17H25NO3. The number of methoxy groups -OCH3 is 1. The topological polar surface area (TPSA) is 39.7 Å². The molecule has 0 atom stereocenters. The average molecular weight is 291 g/mol. The van der Waals surface area contributed by atoms with E-state index in [0.717, 1.165) is 51.9 Å². The van der Waals surface area contributed by atoms with Crippen LogP contribution in [0.5, 0.6) is 0 Å². The summed E-state index contributed by atoms with van der Waals surface area (Å²) in [7, 11) is 1.75. The van der Waals surface area contributed by atoms with E-state index in [9.17, 15) is 0 Å². The normalized spacial score (nSPS) is 21.8. The molecule has 2 fully saturated rings. The second-order valence-electron chi connectivity index (χ2n) is 5.93. The molecule has 116 valence electrons. The number of benzene rings is 1. The minimum absolute atomic E-state index is 0.270. The number of hydrogen-bond acceptors (Lipinski definition) is 4. The second-order valence-corrected chi connectivity index (χ2v) is 5.93. The van der Waals surface area contributed by atoms with Crippen molar-refractivity contribution in [1.29, 1.82) is 0 Å². The maximum absolute atomic E-state index is 5.79. The van der Waals surface area contributed by atoms with Crippen LogP contribution in [0.2, 0.25) is 0 Å². The van der Waals surface area contributed by atoms with Gasteiger partial charge >= 0.3 is 0 Å². The van der Waals surface area contributed by atoms with Crippen molar-refractivity contribution in [2.24, 2.45) is 0 Å². The van der Waals surface area contributed by atoms with E-state index in [-0.39, 0.29) is 5.79 Å². The minimum Gasteiger partial charge on any atom is -0.384 e. The van der Waals surface area contributed by atoms with Gasteiger partial charge in [0.1, 0.15) is 0 Å². The Kier molecular flexibility index (Phi) is 4.78. The highest BCUT2D eigenvalue weighted by Crippen LogP contribution is 2.36. The molecule has 21 heavy (non-hydrogen) atoms. The Balaban J connectivity index is 1.57. The molecule has 1 aromatic rings. The largest absolute Gasteiger partial charge is 0.384 e. The Morgan fingerprint density at radius 1 is 1.19 bits per heavy atom. The van der Waals surface area contributed by atoms with E-state index >= 15 is 0 Å². The molecule has 0 unspecified atom stereocenters. The van der Waals surface area contributed by atoms with Crippen LogP contribution in [0.15, 0.2) is 24.3 Å². The zero-order valence-corrected chi connectivity index (χ0v) is 12.8. The van der Waals surface area contributed by atoms with Crippen LogP contribution in [0.3, 0.4) is 0 Å². The lowest BCUT2D eigenvalue weighted by molar-refractivity contribution is -0.177. The van der Waals surface area contributed by atoms with Crippen molar-refractivity contribution in [3.63, 3.8) is 0 Å². The first kappa shape index (κ1) is 14.8. The molecule has 1 N–H and O–H groups in total. The van der Waals surface area contributed by atoms with Gasteiger partial charge in [0.15, 0.2) is 5.79 Å². The fourth-order valence-corrected chi connectivity index (χ4v) is 3.30. The van der Waals surface area contributed by atoms with Gasteiger partial charge in [-0.15, -0.1) is 0 Å². The highest BCUT2D eigenvalue weighted by atomic mass is 16.7. The maximum Gasteiger partial charge on any atom is 0.168 e. The first-order valence-corrected chi connectivity index (χ1v) is 7.93. The van der Waals surface area contributed by atoms with Crippen LogP contribution in [0, 0.1) is 0 Å². The molecule has 4 heteroatoms. The molecule has 0 radical (unpaired) electrons. The van der Waals surface area contributed by atoms with Gasteiger partial charge in [-0.25, -0.2) is 0 Å². The number of nitrogens with one attached hydrogen (secondary N) is 1. The van der Waals surface area contributed by atoms with Gasteiger partial charge < -0.3 is 19.5 Å².